The zero-order chi connectivity index (χ0) is 13.1. The van der Waals surface area contributed by atoms with Gasteiger partial charge >= 0.3 is 11.4 Å². The first-order valence-electron chi connectivity index (χ1n) is 6.13. The van der Waals surface area contributed by atoms with E-state index in [1.165, 1.54) is 6.08 Å². The van der Waals surface area contributed by atoms with Gasteiger partial charge in [0.15, 0.2) is 0 Å². The minimum absolute atomic E-state index is 0.0477. The van der Waals surface area contributed by atoms with Crippen LogP contribution in [0.1, 0.15) is 36.9 Å². The molecular weight excluding hydrogens is 236 g/mol. The summed E-state index contributed by atoms with van der Waals surface area (Å²) in [7, 11) is 0. The third kappa shape index (κ3) is 2.23. The molecule has 0 radical (unpaired) electrons. The van der Waals surface area contributed by atoms with Crippen molar-refractivity contribution in [2.45, 2.75) is 38.6 Å². The molecule has 6 nitrogen and oxygen atoms in total. The highest BCUT2D eigenvalue weighted by molar-refractivity contribution is 5.79. The first-order valence-corrected chi connectivity index (χ1v) is 6.13. The zero-order valence-electron chi connectivity index (χ0n) is 10.1. The highest BCUT2D eigenvalue weighted by Crippen LogP contribution is 2.24. The summed E-state index contributed by atoms with van der Waals surface area (Å²) in [5, 5.41) is 0. The molecule has 0 saturated heterocycles. The molecule has 1 aromatic heterocycles. The predicted molar refractivity (Wildman–Crippen MR) is 64.6 cm³/mol. The first-order chi connectivity index (χ1) is 8.65. The van der Waals surface area contributed by atoms with E-state index in [4.69, 9.17) is 4.52 Å². The summed E-state index contributed by atoms with van der Waals surface area (Å²) in [6.45, 7) is 3.50. The van der Waals surface area contributed by atoms with Gasteiger partial charge in [0.1, 0.15) is 0 Å². The molecule has 0 amide bonds. The molecule has 2 rings (SSSR count). The Hall–Kier alpha value is -1.85. The molecule has 0 bridgehead atoms. The van der Waals surface area contributed by atoms with Crippen LogP contribution in [-0.4, -0.2) is 15.2 Å². The monoisotopic (exact) mass is 252 g/mol. The van der Waals surface area contributed by atoms with E-state index in [1.807, 2.05) is 0 Å². The van der Waals surface area contributed by atoms with Gasteiger partial charge in [0.2, 0.25) is 0 Å². The number of nitrogens with zero attached hydrogens (tertiary/aromatic N) is 2. The van der Waals surface area contributed by atoms with Crippen molar-refractivity contribution in [1.29, 1.82) is 0 Å². The smallest absolute Gasteiger partial charge is 0.309 e. The second-order valence-corrected chi connectivity index (χ2v) is 4.51. The Morgan fingerprint density at radius 1 is 1.33 bits per heavy atom. The Morgan fingerprint density at radius 3 is 2.61 bits per heavy atom. The average molecular weight is 252 g/mol. The lowest BCUT2D eigenvalue weighted by Crippen LogP contribution is -2.34. The molecule has 1 heterocycles. The van der Waals surface area contributed by atoms with E-state index < -0.39 is 17.4 Å². The molecule has 1 aliphatic rings. The van der Waals surface area contributed by atoms with Crippen LogP contribution in [0.25, 0.3) is 0 Å². The third-order valence-corrected chi connectivity index (χ3v) is 3.26. The lowest BCUT2D eigenvalue weighted by atomic mass is 9.89. The molecule has 1 aliphatic carbocycles. The summed E-state index contributed by atoms with van der Waals surface area (Å²) in [5.74, 6) is -1.43. The van der Waals surface area contributed by atoms with Crippen molar-refractivity contribution < 1.29 is 9.32 Å². The summed E-state index contributed by atoms with van der Waals surface area (Å²) >= 11 is 0. The second kappa shape index (κ2) is 5.20. The Morgan fingerprint density at radius 2 is 2.00 bits per heavy atom. The maximum absolute atomic E-state index is 12.1. The summed E-state index contributed by atoms with van der Waals surface area (Å²) < 4.78 is 6.18. The molecular formula is C12H16N2O4. The molecule has 0 spiro atoms. The van der Waals surface area contributed by atoms with Crippen LogP contribution in [0.5, 0.6) is 0 Å². The summed E-state index contributed by atoms with van der Waals surface area (Å²) in [6.07, 6.45) is 5.97. The van der Waals surface area contributed by atoms with Crippen LogP contribution in [0.15, 0.2) is 26.8 Å². The van der Waals surface area contributed by atoms with E-state index in [1.54, 1.807) is 0 Å². The number of aromatic nitrogens is 2. The van der Waals surface area contributed by atoms with E-state index in [9.17, 15) is 14.4 Å². The number of carbonyl (C=O) groups excluding carboxylic acids is 1. The molecule has 1 aromatic rings. The maximum Gasteiger partial charge on any atom is 0.443 e. The van der Waals surface area contributed by atoms with Gasteiger partial charge in [-0.15, -0.1) is 6.58 Å². The van der Waals surface area contributed by atoms with E-state index in [0.717, 1.165) is 36.7 Å². The number of rotatable bonds is 3. The largest absolute Gasteiger partial charge is 0.443 e. The third-order valence-electron chi connectivity index (χ3n) is 3.26. The molecule has 0 atom stereocenters. The van der Waals surface area contributed by atoms with Gasteiger partial charge in [-0.25, -0.2) is 14.2 Å². The fourth-order valence-electron chi connectivity index (χ4n) is 2.29. The van der Waals surface area contributed by atoms with Gasteiger partial charge in [-0.05, 0) is 12.8 Å². The molecule has 18 heavy (non-hydrogen) atoms. The molecule has 0 aliphatic heterocycles. The number of hydrogen-bond acceptors (Lipinski definition) is 4. The fourth-order valence-corrected chi connectivity index (χ4v) is 2.29. The van der Waals surface area contributed by atoms with Crippen molar-refractivity contribution in [2.75, 3.05) is 0 Å². The minimum Gasteiger partial charge on any atom is -0.309 e. The summed E-state index contributed by atoms with van der Waals surface area (Å²) in [4.78, 5) is 35.3. The van der Waals surface area contributed by atoms with Crippen LogP contribution in [0.3, 0.4) is 0 Å². The molecule has 0 aromatic carbocycles. The summed E-state index contributed by atoms with van der Waals surface area (Å²) in [6, 6.07) is 0. The lowest BCUT2D eigenvalue weighted by molar-refractivity contribution is 0.0659. The zero-order valence-corrected chi connectivity index (χ0v) is 10.1. The summed E-state index contributed by atoms with van der Waals surface area (Å²) in [5.41, 5.74) is -0.713. The van der Waals surface area contributed by atoms with Crippen LogP contribution in [0.2, 0.25) is 0 Å². The Kier molecular flexibility index (Phi) is 3.64. The van der Waals surface area contributed by atoms with E-state index in [0.29, 0.717) is 4.74 Å². The van der Waals surface area contributed by atoms with Crippen LogP contribution in [-0.2, 0) is 6.54 Å². The van der Waals surface area contributed by atoms with Gasteiger partial charge in [0.25, 0.3) is 5.91 Å². The molecule has 0 unspecified atom stereocenters. The average Bonchev–Trinajstić information content (AvgIpc) is 2.67. The maximum atomic E-state index is 12.1. The Bertz CT molecular complexity index is 557. The highest BCUT2D eigenvalue weighted by atomic mass is 16.5. The Balaban J connectivity index is 2.30. The van der Waals surface area contributed by atoms with Crippen LogP contribution < -0.4 is 11.4 Å². The van der Waals surface area contributed by atoms with Crippen molar-refractivity contribution >= 4 is 5.91 Å². The highest BCUT2D eigenvalue weighted by Gasteiger charge is 2.26. The fraction of sp³-hybridized carbons (Fsp3) is 0.583. The van der Waals surface area contributed by atoms with Gasteiger partial charge in [-0.1, -0.05) is 30.1 Å². The van der Waals surface area contributed by atoms with Gasteiger partial charge in [-0.2, -0.15) is 0 Å². The van der Waals surface area contributed by atoms with Crippen molar-refractivity contribution in [3.05, 3.63) is 33.7 Å². The van der Waals surface area contributed by atoms with Crippen molar-refractivity contribution in [1.82, 2.24) is 9.31 Å². The standard InChI is InChI=1S/C12H16N2O4/c1-2-8-13-11(16)14(18-12(13)17)10(15)9-6-4-3-5-7-9/h2,9H,1,3-8H2. The molecule has 1 fully saturated rings. The molecule has 6 heteroatoms. The van der Waals surface area contributed by atoms with Gasteiger partial charge in [0.05, 0.1) is 6.54 Å². The van der Waals surface area contributed by atoms with Gasteiger partial charge in [-0.3, -0.25) is 4.79 Å². The predicted octanol–water partition coefficient (Wildman–Crippen LogP) is 1.01. The quantitative estimate of drug-likeness (QED) is 0.752. The lowest BCUT2D eigenvalue weighted by Gasteiger charge is -2.18. The van der Waals surface area contributed by atoms with Crippen LogP contribution >= 0.6 is 0 Å². The van der Waals surface area contributed by atoms with E-state index in [-0.39, 0.29) is 12.5 Å². The van der Waals surface area contributed by atoms with Crippen LogP contribution in [0, 0.1) is 5.92 Å². The van der Waals surface area contributed by atoms with Crippen molar-refractivity contribution in [3.8, 4) is 0 Å². The molecule has 1 saturated carbocycles. The Labute approximate surface area is 103 Å². The second-order valence-electron chi connectivity index (χ2n) is 4.51. The minimum atomic E-state index is -0.816. The first kappa shape index (κ1) is 12.6. The van der Waals surface area contributed by atoms with Crippen molar-refractivity contribution in [3.63, 3.8) is 0 Å². The van der Waals surface area contributed by atoms with Crippen LogP contribution in [0.4, 0.5) is 0 Å². The SMILES string of the molecule is C=CCn1c(=O)on(C(=O)C2CCCCC2)c1=O. The van der Waals surface area contributed by atoms with Crippen molar-refractivity contribution in [2.24, 2.45) is 5.92 Å². The number of hydrogen-bond donors (Lipinski definition) is 0. The van der Waals surface area contributed by atoms with E-state index in [2.05, 4.69) is 6.58 Å². The number of allylic oxidation sites excluding steroid dienone is 1. The normalized spacial score (nSPS) is 16.7. The molecule has 98 valence electrons. The number of carbonyl (C=O) groups is 1. The molecule has 0 N–H and O–H groups in total. The topological polar surface area (TPSA) is 74.2 Å². The van der Waals surface area contributed by atoms with E-state index >= 15 is 0 Å². The van der Waals surface area contributed by atoms with Gasteiger partial charge in [0, 0.05) is 5.92 Å². The van der Waals surface area contributed by atoms with Gasteiger partial charge < -0.3 is 4.52 Å².